The van der Waals surface area contributed by atoms with E-state index < -0.39 is 59.4 Å². The molecule has 16 heteroatoms. The first-order valence-corrected chi connectivity index (χ1v) is 13.1. The molecular formula is C30H18BBrF10N2O2. The molecule has 46 heavy (non-hydrogen) atoms. The number of hydrogen-bond acceptors (Lipinski definition) is 4. The Morgan fingerprint density at radius 1 is 0.609 bits per heavy atom. The summed E-state index contributed by atoms with van der Waals surface area (Å²) >= 11 is 2.78. The Labute approximate surface area is 264 Å². The first-order valence-electron chi connectivity index (χ1n) is 12.4. The Morgan fingerprint density at radius 2 is 1.07 bits per heavy atom. The molecule has 0 aliphatic carbocycles. The van der Waals surface area contributed by atoms with Gasteiger partial charge in [0.2, 0.25) is 0 Å². The average molecular weight is 719 g/mol. The number of aryl methyl sites for hydroxylation is 2. The van der Waals surface area contributed by atoms with E-state index in [4.69, 9.17) is 20.6 Å². The van der Waals surface area contributed by atoms with Gasteiger partial charge in [-0.3, -0.25) is 0 Å². The van der Waals surface area contributed by atoms with Crippen LogP contribution in [0, 0.1) is 59.8 Å². The van der Waals surface area contributed by atoms with Gasteiger partial charge in [0, 0.05) is 5.56 Å². The number of nitriles is 2. The Bertz CT molecular complexity index is 1810. The highest BCUT2D eigenvalue weighted by molar-refractivity contribution is 9.10. The fraction of sp³-hybridized carbons (Fsp3) is 0.133. The SMILES string of the molecule is Cc1cc(-c2cc(F)c(C#N)cc2F)cc(C(F)(F)F)c1.Cc1cc(B(O)O)cc(C(F)(F)F)c1.N#Cc1cc(F)c(Br)cc1F. The Kier molecular flexibility index (Phi) is 12.6. The largest absolute Gasteiger partial charge is 0.488 e. The van der Waals surface area contributed by atoms with Crippen molar-refractivity contribution in [2.45, 2.75) is 26.2 Å². The number of halogens is 11. The number of rotatable bonds is 2. The van der Waals surface area contributed by atoms with E-state index in [0.29, 0.717) is 11.6 Å². The van der Waals surface area contributed by atoms with E-state index >= 15 is 0 Å². The van der Waals surface area contributed by atoms with Crippen LogP contribution in [0.25, 0.3) is 11.1 Å². The molecule has 2 N–H and O–H groups in total. The molecule has 4 aromatic carbocycles. The highest BCUT2D eigenvalue weighted by atomic mass is 79.9. The molecule has 0 radical (unpaired) electrons. The van der Waals surface area contributed by atoms with Gasteiger partial charge in [-0.1, -0.05) is 23.8 Å². The highest BCUT2D eigenvalue weighted by Crippen LogP contribution is 2.35. The maximum Gasteiger partial charge on any atom is 0.488 e. The predicted molar refractivity (Wildman–Crippen MR) is 151 cm³/mol. The second-order valence-electron chi connectivity index (χ2n) is 9.37. The third kappa shape index (κ3) is 10.3. The number of nitrogens with zero attached hydrogens (tertiary/aromatic N) is 2. The lowest BCUT2D eigenvalue weighted by Gasteiger charge is -2.11. The van der Waals surface area contributed by atoms with Crippen molar-refractivity contribution in [3.05, 3.63) is 122 Å². The van der Waals surface area contributed by atoms with Gasteiger partial charge in [-0.25, -0.2) is 17.6 Å². The zero-order chi connectivity index (χ0) is 35.1. The van der Waals surface area contributed by atoms with Crippen LogP contribution >= 0.6 is 15.9 Å². The van der Waals surface area contributed by atoms with Crippen LogP contribution in [-0.4, -0.2) is 17.2 Å². The van der Waals surface area contributed by atoms with Crippen LogP contribution < -0.4 is 5.46 Å². The second-order valence-corrected chi connectivity index (χ2v) is 10.2. The van der Waals surface area contributed by atoms with Crippen molar-refractivity contribution in [2.24, 2.45) is 0 Å². The van der Waals surface area contributed by atoms with Crippen LogP contribution in [0.15, 0.2) is 65.1 Å². The topological polar surface area (TPSA) is 88.0 Å². The van der Waals surface area contributed by atoms with Crippen molar-refractivity contribution >= 4 is 28.5 Å². The van der Waals surface area contributed by atoms with Crippen LogP contribution in [0.5, 0.6) is 0 Å². The van der Waals surface area contributed by atoms with E-state index in [1.165, 1.54) is 38.1 Å². The minimum Gasteiger partial charge on any atom is -0.423 e. The van der Waals surface area contributed by atoms with Gasteiger partial charge < -0.3 is 10.0 Å². The van der Waals surface area contributed by atoms with Gasteiger partial charge in [0.15, 0.2) is 0 Å². The van der Waals surface area contributed by atoms with E-state index in [1.54, 1.807) is 0 Å². The van der Waals surface area contributed by atoms with Crippen LogP contribution in [0.3, 0.4) is 0 Å². The first kappa shape index (κ1) is 37.8. The summed E-state index contributed by atoms with van der Waals surface area (Å²) in [7, 11) is -1.88. The van der Waals surface area contributed by atoms with Gasteiger partial charge in [0.25, 0.3) is 0 Å². The van der Waals surface area contributed by atoms with E-state index in [-0.39, 0.29) is 32.2 Å². The van der Waals surface area contributed by atoms with Gasteiger partial charge in [0.1, 0.15) is 35.4 Å². The van der Waals surface area contributed by atoms with Crippen molar-refractivity contribution in [1.29, 1.82) is 10.5 Å². The van der Waals surface area contributed by atoms with Crippen molar-refractivity contribution < 1.29 is 54.0 Å². The van der Waals surface area contributed by atoms with Gasteiger partial charge in [0.05, 0.1) is 26.7 Å². The molecule has 4 nitrogen and oxygen atoms in total. The molecular weight excluding hydrogens is 701 g/mol. The van der Waals surface area contributed by atoms with Gasteiger partial charge in [-0.15, -0.1) is 0 Å². The molecule has 0 aromatic heterocycles. The lowest BCUT2D eigenvalue weighted by molar-refractivity contribution is -0.138. The second kappa shape index (κ2) is 15.3. The Hall–Kier alpha value is -4.38. The van der Waals surface area contributed by atoms with Crippen LogP contribution in [-0.2, 0) is 12.4 Å². The molecule has 0 unspecified atom stereocenters. The first-order chi connectivity index (χ1) is 21.2. The van der Waals surface area contributed by atoms with Crippen molar-refractivity contribution in [3.8, 4) is 23.3 Å². The quantitative estimate of drug-likeness (QED) is 0.125. The molecule has 0 amide bonds. The lowest BCUT2D eigenvalue weighted by atomic mass is 9.78. The minimum atomic E-state index is -4.58. The summed E-state index contributed by atoms with van der Waals surface area (Å²) in [6.45, 7) is 2.89. The van der Waals surface area contributed by atoms with E-state index in [9.17, 15) is 43.9 Å². The molecule has 0 bridgehead atoms. The lowest BCUT2D eigenvalue weighted by Crippen LogP contribution is -2.31. The summed E-state index contributed by atoms with van der Waals surface area (Å²) in [6.07, 6.45) is -9.04. The third-order valence-corrected chi connectivity index (χ3v) is 6.36. The summed E-state index contributed by atoms with van der Waals surface area (Å²) in [5.74, 6) is -3.29. The van der Waals surface area contributed by atoms with Gasteiger partial charge in [-0.2, -0.15) is 36.9 Å². The predicted octanol–water partition coefficient (Wildman–Crippen LogP) is 8.12. The molecule has 0 aliphatic heterocycles. The molecule has 0 heterocycles. The fourth-order valence-corrected chi connectivity index (χ4v) is 4.01. The fourth-order valence-electron chi connectivity index (χ4n) is 3.69. The molecule has 0 atom stereocenters. The molecule has 240 valence electrons. The van der Waals surface area contributed by atoms with Crippen LogP contribution in [0.4, 0.5) is 43.9 Å². The highest BCUT2D eigenvalue weighted by Gasteiger charge is 2.32. The summed E-state index contributed by atoms with van der Waals surface area (Å²) in [5.41, 5.74) is -2.57. The Balaban J connectivity index is 0.000000256. The summed E-state index contributed by atoms with van der Waals surface area (Å²) in [6, 6.07) is 12.1. The van der Waals surface area contributed by atoms with E-state index in [2.05, 4.69) is 15.9 Å². The van der Waals surface area contributed by atoms with Gasteiger partial charge in [-0.05, 0) is 88.8 Å². The zero-order valence-corrected chi connectivity index (χ0v) is 24.9. The van der Waals surface area contributed by atoms with Gasteiger partial charge >= 0.3 is 19.5 Å². The maximum absolute atomic E-state index is 13.9. The molecule has 0 aliphatic rings. The monoisotopic (exact) mass is 718 g/mol. The number of benzene rings is 4. The minimum absolute atomic E-state index is 0.0222. The molecule has 4 aromatic rings. The smallest absolute Gasteiger partial charge is 0.423 e. The molecule has 0 spiro atoms. The average Bonchev–Trinajstić information content (AvgIpc) is 2.95. The summed E-state index contributed by atoms with van der Waals surface area (Å²) in [5, 5.41) is 34.3. The Morgan fingerprint density at radius 3 is 1.54 bits per heavy atom. The van der Waals surface area contributed by atoms with E-state index in [1.807, 2.05) is 0 Å². The number of alkyl halides is 6. The van der Waals surface area contributed by atoms with E-state index in [0.717, 1.165) is 42.5 Å². The molecule has 0 fully saturated rings. The summed E-state index contributed by atoms with van der Waals surface area (Å²) in [4.78, 5) is 0. The van der Waals surface area contributed by atoms with Crippen molar-refractivity contribution in [1.82, 2.24) is 0 Å². The third-order valence-electron chi connectivity index (χ3n) is 5.75. The van der Waals surface area contributed by atoms with Crippen LogP contribution in [0.1, 0.15) is 33.4 Å². The van der Waals surface area contributed by atoms with Crippen molar-refractivity contribution in [3.63, 3.8) is 0 Å². The summed E-state index contributed by atoms with van der Waals surface area (Å²) < 4.78 is 128. The molecule has 0 saturated carbocycles. The maximum atomic E-state index is 13.9. The standard InChI is InChI=1S/C15H8F5N.C8H8BF3O2.C7H2BrF2N/c1-8-2-9(4-11(3-8)15(18,19)20)12-6-13(16)10(7-21)5-14(12)17;1-5-2-6(8(10,11)12)4-7(3-5)9(13)14;8-5-2-6(9)4(3-11)1-7(5)10/h2-6H,1H3;2-4,13-14H,1H3;1-2H. The molecule has 4 rings (SSSR count). The zero-order valence-electron chi connectivity index (χ0n) is 23.3. The molecule has 0 saturated heterocycles. The number of hydrogen-bond donors (Lipinski definition) is 2. The van der Waals surface area contributed by atoms with Crippen LogP contribution in [0.2, 0.25) is 0 Å². The van der Waals surface area contributed by atoms with Crippen molar-refractivity contribution in [2.75, 3.05) is 0 Å². The normalized spacial score (nSPS) is 10.9.